The Balaban J connectivity index is 2.18. The van der Waals surface area contributed by atoms with Crippen molar-refractivity contribution in [3.05, 3.63) is 22.2 Å². The van der Waals surface area contributed by atoms with Gasteiger partial charge in [-0.05, 0) is 31.6 Å². The van der Waals surface area contributed by atoms with Crippen LogP contribution in [0.2, 0.25) is 0 Å². The van der Waals surface area contributed by atoms with Gasteiger partial charge in [0.15, 0.2) is 0 Å². The smallest absolute Gasteiger partial charge is 0.311 e. The van der Waals surface area contributed by atoms with Gasteiger partial charge in [-0.1, -0.05) is 0 Å². The molecule has 0 bridgehead atoms. The Labute approximate surface area is 116 Å². The van der Waals surface area contributed by atoms with Crippen molar-refractivity contribution in [2.45, 2.75) is 25.8 Å². The van der Waals surface area contributed by atoms with Crippen LogP contribution in [0.5, 0.6) is 0 Å². The van der Waals surface area contributed by atoms with Gasteiger partial charge in [-0.15, -0.1) is 0 Å². The standard InChI is InChI=1S/C12H18N4O2S/c1-2-13-11-6-5-10(16(17)18)12(15-11)14-9-4-3-7-19-8-9/h5-6,9H,2-4,7-8H2,1H3,(H2,13,14,15). The first-order chi connectivity index (χ1) is 9.20. The van der Waals surface area contributed by atoms with Crippen molar-refractivity contribution in [2.75, 3.05) is 28.7 Å². The molecule has 1 fully saturated rings. The van der Waals surface area contributed by atoms with Gasteiger partial charge in [0.2, 0.25) is 5.82 Å². The summed E-state index contributed by atoms with van der Waals surface area (Å²) < 4.78 is 0. The molecule has 1 atom stereocenters. The number of hydrogen-bond acceptors (Lipinski definition) is 6. The summed E-state index contributed by atoms with van der Waals surface area (Å²) in [7, 11) is 0. The number of anilines is 2. The zero-order chi connectivity index (χ0) is 13.7. The van der Waals surface area contributed by atoms with E-state index in [-0.39, 0.29) is 16.7 Å². The Kier molecular flexibility index (Phi) is 4.84. The normalized spacial score (nSPS) is 18.9. The maximum atomic E-state index is 11.0. The molecule has 1 aromatic heterocycles. The van der Waals surface area contributed by atoms with Crippen molar-refractivity contribution in [1.29, 1.82) is 0 Å². The molecule has 1 saturated heterocycles. The average Bonchev–Trinajstić information content (AvgIpc) is 2.40. The fourth-order valence-electron chi connectivity index (χ4n) is 2.03. The van der Waals surface area contributed by atoms with Crippen molar-refractivity contribution in [2.24, 2.45) is 0 Å². The van der Waals surface area contributed by atoms with Gasteiger partial charge in [0.1, 0.15) is 5.82 Å². The Morgan fingerprint density at radius 1 is 1.58 bits per heavy atom. The van der Waals surface area contributed by atoms with Gasteiger partial charge in [-0.2, -0.15) is 11.8 Å². The molecule has 1 unspecified atom stereocenters. The van der Waals surface area contributed by atoms with Crippen molar-refractivity contribution in [3.63, 3.8) is 0 Å². The number of nitro groups is 1. The van der Waals surface area contributed by atoms with Crippen LogP contribution in [-0.2, 0) is 0 Å². The topological polar surface area (TPSA) is 80.1 Å². The second-order valence-corrected chi connectivity index (χ2v) is 5.56. The van der Waals surface area contributed by atoms with Crippen LogP contribution in [0.3, 0.4) is 0 Å². The van der Waals surface area contributed by atoms with Crippen LogP contribution in [0.4, 0.5) is 17.3 Å². The largest absolute Gasteiger partial charge is 0.370 e. The van der Waals surface area contributed by atoms with Gasteiger partial charge in [0.25, 0.3) is 0 Å². The molecule has 2 rings (SSSR count). The molecule has 2 heterocycles. The van der Waals surface area contributed by atoms with E-state index in [9.17, 15) is 10.1 Å². The van der Waals surface area contributed by atoms with Crippen LogP contribution in [0.15, 0.2) is 12.1 Å². The molecule has 0 saturated carbocycles. The lowest BCUT2D eigenvalue weighted by Crippen LogP contribution is -2.26. The Morgan fingerprint density at radius 3 is 3.05 bits per heavy atom. The number of thioether (sulfide) groups is 1. The van der Waals surface area contributed by atoms with Crippen LogP contribution in [0, 0.1) is 10.1 Å². The van der Waals surface area contributed by atoms with Crippen LogP contribution >= 0.6 is 11.8 Å². The van der Waals surface area contributed by atoms with E-state index in [0.29, 0.717) is 11.6 Å². The molecule has 104 valence electrons. The SMILES string of the molecule is CCNc1ccc([N+](=O)[O-])c(NC2CCCSC2)n1. The first-order valence-corrected chi connectivity index (χ1v) is 7.59. The van der Waals surface area contributed by atoms with Crippen LogP contribution in [0.25, 0.3) is 0 Å². The molecule has 2 N–H and O–H groups in total. The first-order valence-electron chi connectivity index (χ1n) is 6.44. The highest BCUT2D eigenvalue weighted by atomic mass is 32.2. The van der Waals surface area contributed by atoms with Crippen molar-refractivity contribution in [3.8, 4) is 0 Å². The second-order valence-electron chi connectivity index (χ2n) is 4.41. The lowest BCUT2D eigenvalue weighted by molar-refractivity contribution is -0.384. The Hall–Kier alpha value is -1.50. The van der Waals surface area contributed by atoms with Gasteiger partial charge in [0, 0.05) is 24.4 Å². The predicted octanol–water partition coefficient (Wildman–Crippen LogP) is 2.73. The Bertz CT molecular complexity index is 449. The van der Waals surface area contributed by atoms with Gasteiger partial charge < -0.3 is 10.6 Å². The molecular weight excluding hydrogens is 264 g/mol. The Morgan fingerprint density at radius 2 is 2.42 bits per heavy atom. The minimum Gasteiger partial charge on any atom is -0.370 e. The summed E-state index contributed by atoms with van der Waals surface area (Å²) in [5.74, 6) is 3.19. The maximum absolute atomic E-state index is 11.0. The van der Waals surface area contributed by atoms with Crippen LogP contribution in [0.1, 0.15) is 19.8 Å². The highest BCUT2D eigenvalue weighted by Gasteiger charge is 2.21. The van der Waals surface area contributed by atoms with E-state index in [1.807, 2.05) is 18.7 Å². The molecule has 6 nitrogen and oxygen atoms in total. The van der Waals surface area contributed by atoms with E-state index in [1.165, 1.54) is 11.8 Å². The fourth-order valence-corrected chi connectivity index (χ4v) is 3.10. The number of nitrogens with zero attached hydrogens (tertiary/aromatic N) is 2. The molecule has 7 heteroatoms. The monoisotopic (exact) mass is 282 g/mol. The predicted molar refractivity (Wildman–Crippen MR) is 79.0 cm³/mol. The van der Waals surface area contributed by atoms with Gasteiger partial charge in [0.05, 0.1) is 4.92 Å². The highest BCUT2D eigenvalue weighted by molar-refractivity contribution is 7.99. The van der Waals surface area contributed by atoms with E-state index >= 15 is 0 Å². The summed E-state index contributed by atoms with van der Waals surface area (Å²) in [6.07, 6.45) is 2.18. The zero-order valence-corrected chi connectivity index (χ0v) is 11.7. The summed E-state index contributed by atoms with van der Waals surface area (Å²) in [5.41, 5.74) is 0.0391. The highest BCUT2D eigenvalue weighted by Crippen LogP contribution is 2.27. The molecule has 0 amide bonds. The molecule has 0 aromatic carbocycles. The van der Waals surface area contributed by atoms with Gasteiger partial charge in [-0.3, -0.25) is 10.1 Å². The van der Waals surface area contributed by atoms with Crippen molar-refractivity contribution >= 4 is 29.1 Å². The van der Waals surface area contributed by atoms with Gasteiger partial charge in [-0.25, -0.2) is 4.98 Å². The fraction of sp³-hybridized carbons (Fsp3) is 0.583. The molecule has 0 spiro atoms. The second kappa shape index (κ2) is 6.60. The van der Waals surface area contributed by atoms with E-state index in [0.717, 1.165) is 25.1 Å². The quantitative estimate of drug-likeness (QED) is 0.638. The molecule has 0 radical (unpaired) electrons. The van der Waals surface area contributed by atoms with E-state index < -0.39 is 0 Å². The van der Waals surface area contributed by atoms with Crippen molar-refractivity contribution < 1.29 is 4.92 Å². The molecule has 1 aliphatic rings. The summed E-state index contributed by atoms with van der Waals surface area (Å²) in [5, 5.41) is 17.3. The number of aromatic nitrogens is 1. The summed E-state index contributed by atoms with van der Waals surface area (Å²) >= 11 is 1.88. The third kappa shape index (κ3) is 3.73. The number of rotatable bonds is 5. The van der Waals surface area contributed by atoms with Crippen molar-refractivity contribution in [1.82, 2.24) is 4.98 Å². The number of pyridine rings is 1. The summed E-state index contributed by atoms with van der Waals surface area (Å²) in [6, 6.07) is 3.41. The van der Waals surface area contributed by atoms with E-state index in [2.05, 4.69) is 15.6 Å². The van der Waals surface area contributed by atoms with E-state index in [4.69, 9.17) is 0 Å². The third-order valence-electron chi connectivity index (χ3n) is 2.93. The summed E-state index contributed by atoms with van der Waals surface area (Å²) in [4.78, 5) is 14.9. The average molecular weight is 282 g/mol. The molecule has 0 aliphatic carbocycles. The van der Waals surface area contributed by atoms with Crippen LogP contribution in [-0.4, -0.2) is 34.0 Å². The zero-order valence-electron chi connectivity index (χ0n) is 10.9. The minimum atomic E-state index is -0.388. The lowest BCUT2D eigenvalue weighted by Gasteiger charge is -2.23. The number of hydrogen-bond donors (Lipinski definition) is 2. The molecule has 19 heavy (non-hydrogen) atoms. The number of nitrogens with one attached hydrogen (secondary N) is 2. The van der Waals surface area contributed by atoms with E-state index in [1.54, 1.807) is 6.07 Å². The minimum absolute atomic E-state index is 0.0391. The third-order valence-corrected chi connectivity index (χ3v) is 4.15. The molecule has 1 aromatic rings. The molecule has 1 aliphatic heterocycles. The first kappa shape index (κ1) is 13.9. The lowest BCUT2D eigenvalue weighted by atomic mass is 10.2. The van der Waals surface area contributed by atoms with Crippen LogP contribution < -0.4 is 10.6 Å². The summed E-state index contributed by atoms with van der Waals surface area (Å²) in [6.45, 7) is 2.71. The van der Waals surface area contributed by atoms with Gasteiger partial charge >= 0.3 is 5.69 Å². The maximum Gasteiger partial charge on any atom is 0.311 e. The molecular formula is C12H18N4O2S.